The highest BCUT2D eigenvalue weighted by molar-refractivity contribution is 7.89. The van der Waals surface area contributed by atoms with Crippen molar-refractivity contribution in [1.82, 2.24) is 14.9 Å². The molecular weight excluding hydrogens is 401 g/mol. The van der Waals surface area contributed by atoms with Crippen LogP contribution in [-0.4, -0.2) is 25.7 Å². The molecule has 0 radical (unpaired) electrons. The molecular formula is C16H13Cl2N3O4S. The van der Waals surface area contributed by atoms with E-state index in [1.54, 1.807) is 0 Å². The van der Waals surface area contributed by atoms with Gasteiger partial charge in [0.2, 0.25) is 21.7 Å². The first kappa shape index (κ1) is 18.7. The van der Waals surface area contributed by atoms with Gasteiger partial charge in [-0.2, -0.15) is 4.98 Å². The van der Waals surface area contributed by atoms with E-state index in [4.69, 9.17) is 32.5 Å². The Balaban J connectivity index is 1.77. The number of sulfonamides is 1. The molecule has 0 atom stereocenters. The Morgan fingerprint density at radius 1 is 1.12 bits per heavy atom. The minimum atomic E-state index is -3.94. The largest absolute Gasteiger partial charge is 0.495 e. The van der Waals surface area contributed by atoms with Crippen molar-refractivity contribution < 1.29 is 17.7 Å². The number of nitrogens with one attached hydrogen (secondary N) is 1. The Hall–Kier alpha value is -2.13. The first-order valence-corrected chi connectivity index (χ1v) is 9.56. The van der Waals surface area contributed by atoms with Gasteiger partial charge >= 0.3 is 0 Å². The average molecular weight is 414 g/mol. The second kappa shape index (κ2) is 7.63. The Kier molecular flexibility index (Phi) is 5.47. The average Bonchev–Trinajstić information content (AvgIpc) is 3.12. The molecule has 2 aromatic carbocycles. The molecule has 10 heteroatoms. The number of ether oxygens (including phenoxy) is 1. The van der Waals surface area contributed by atoms with Crippen molar-refractivity contribution in [3.63, 3.8) is 0 Å². The first-order valence-electron chi connectivity index (χ1n) is 7.32. The van der Waals surface area contributed by atoms with Gasteiger partial charge in [0.25, 0.3) is 0 Å². The molecule has 0 amide bonds. The molecule has 0 saturated heterocycles. The molecule has 0 saturated carbocycles. The monoisotopic (exact) mass is 413 g/mol. The number of methoxy groups -OCH3 is 1. The molecule has 0 bridgehead atoms. The lowest BCUT2D eigenvalue weighted by molar-refractivity contribution is 0.376. The minimum absolute atomic E-state index is 0.0150. The van der Waals surface area contributed by atoms with E-state index in [0.29, 0.717) is 5.82 Å². The lowest BCUT2D eigenvalue weighted by atomic mass is 10.2. The number of hydrogen-bond donors (Lipinski definition) is 1. The van der Waals surface area contributed by atoms with Crippen molar-refractivity contribution in [2.24, 2.45) is 0 Å². The topological polar surface area (TPSA) is 94.3 Å². The van der Waals surface area contributed by atoms with Crippen LogP contribution in [0.5, 0.6) is 5.75 Å². The third kappa shape index (κ3) is 3.83. The Bertz CT molecular complexity index is 1020. The summed E-state index contributed by atoms with van der Waals surface area (Å²) in [6.45, 7) is -0.192. The third-order valence-electron chi connectivity index (χ3n) is 3.43. The molecule has 3 aromatic rings. The van der Waals surface area contributed by atoms with E-state index in [0.717, 1.165) is 5.56 Å². The van der Waals surface area contributed by atoms with Gasteiger partial charge in [0.1, 0.15) is 15.7 Å². The summed E-state index contributed by atoms with van der Waals surface area (Å²) in [6, 6.07) is 11.9. The van der Waals surface area contributed by atoms with E-state index in [9.17, 15) is 8.42 Å². The standard InChI is InChI=1S/C16H13Cl2N3O4S/c1-24-11-7-8-12(15(18)14(11)17)26(22,23)19-9-13-20-16(21-25-13)10-5-3-2-4-6-10/h2-8,19H,9H2,1H3. The molecule has 0 fully saturated rings. The van der Waals surface area contributed by atoms with Crippen LogP contribution in [0.25, 0.3) is 11.4 Å². The van der Waals surface area contributed by atoms with Gasteiger partial charge in [-0.3, -0.25) is 0 Å². The van der Waals surface area contributed by atoms with Crippen molar-refractivity contribution in [3.8, 4) is 17.1 Å². The number of benzene rings is 2. The zero-order chi connectivity index (χ0) is 18.7. The molecule has 0 aliphatic heterocycles. The minimum Gasteiger partial charge on any atom is -0.495 e. The van der Waals surface area contributed by atoms with Gasteiger partial charge in [0, 0.05) is 5.56 Å². The molecule has 0 spiro atoms. The van der Waals surface area contributed by atoms with Crippen molar-refractivity contribution in [2.75, 3.05) is 7.11 Å². The molecule has 3 rings (SSSR count). The molecule has 0 unspecified atom stereocenters. The van der Waals surface area contributed by atoms with Crippen LogP contribution in [0.3, 0.4) is 0 Å². The Morgan fingerprint density at radius 2 is 1.85 bits per heavy atom. The molecule has 0 aliphatic rings. The maximum absolute atomic E-state index is 12.5. The maximum atomic E-state index is 12.5. The number of halogens is 2. The number of rotatable bonds is 6. The van der Waals surface area contributed by atoms with E-state index >= 15 is 0 Å². The first-order chi connectivity index (χ1) is 12.4. The summed E-state index contributed by atoms with van der Waals surface area (Å²) in [5.41, 5.74) is 0.760. The second-order valence-corrected chi connectivity index (χ2v) is 7.59. The van der Waals surface area contributed by atoms with E-state index in [1.807, 2.05) is 30.3 Å². The van der Waals surface area contributed by atoms with E-state index in [1.165, 1.54) is 19.2 Å². The van der Waals surface area contributed by atoms with E-state index < -0.39 is 10.0 Å². The zero-order valence-corrected chi connectivity index (χ0v) is 15.8. The molecule has 1 aromatic heterocycles. The predicted octanol–water partition coefficient (Wildman–Crippen LogP) is 3.53. The van der Waals surface area contributed by atoms with Gasteiger partial charge in [-0.25, -0.2) is 13.1 Å². The fraction of sp³-hybridized carbons (Fsp3) is 0.125. The summed E-state index contributed by atoms with van der Waals surface area (Å²) in [5, 5.41) is 3.71. The quantitative estimate of drug-likeness (QED) is 0.663. The number of nitrogens with zero attached hydrogens (tertiary/aromatic N) is 2. The lowest BCUT2D eigenvalue weighted by Crippen LogP contribution is -2.23. The number of aromatic nitrogens is 2. The summed E-state index contributed by atoms with van der Waals surface area (Å²) in [7, 11) is -2.54. The van der Waals surface area contributed by atoms with Crippen LogP contribution in [-0.2, 0) is 16.6 Å². The zero-order valence-electron chi connectivity index (χ0n) is 13.4. The Labute approximate surface area is 159 Å². The van der Waals surface area contributed by atoms with Crippen LogP contribution >= 0.6 is 23.2 Å². The second-order valence-electron chi connectivity index (χ2n) is 5.10. The van der Waals surface area contributed by atoms with Gasteiger partial charge in [0.05, 0.1) is 18.7 Å². The Morgan fingerprint density at radius 3 is 2.54 bits per heavy atom. The van der Waals surface area contributed by atoms with E-state index in [2.05, 4.69) is 14.9 Å². The van der Waals surface area contributed by atoms with Crippen LogP contribution in [0.15, 0.2) is 51.9 Å². The molecule has 1 N–H and O–H groups in total. The summed E-state index contributed by atoms with van der Waals surface area (Å²) < 4.78 is 37.4. The predicted molar refractivity (Wildman–Crippen MR) is 96.8 cm³/mol. The van der Waals surface area contributed by atoms with E-state index in [-0.39, 0.29) is 33.1 Å². The van der Waals surface area contributed by atoms with Crippen LogP contribution in [0.1, 0.15) is 5.89 Å². The van der Waals surface area contributed by atoms with Crippen LogP contribution in [0.4, 0.5) is 0 Å². The van der Waals surface area contributed by atoms with Gasteiger partial charge in [-0.05, 0) is 12.1 Å². The van der Waals surface area contributed by atoms with Crippen molar-refractivity contribution >= 4 is 33.2 Å². The summed E-state index contributed by atoms with van der Waals surface area (Å²) in [6.07, 6.45) is 0. The summed E-state index contributed by atoms with van der Waals surface area (Å²) in [4.78, 5) is 3.99. The smallest absolute Gasteiger partial charge is 0.242 e. The van der Waals surface area contributed by atoms with Gasteiger partial charge in [-0.1, -0.05) is 58.7 Å². The normalized spacial score (nSPS) is 11.5. The fourth-order valence-corrected chi connectivity index (χ4v) is 3.96. The summed E-state index contributed by atoms with van der Waals surface area (Å²) >= 11 is 12.0. The van der Waals surface area contributed by atoms with Gasteiger partial charge < -0.3 is 9.26 Å². The molecule has 26 heavy (non-hydrogen) atoms. The highest BCUT2D eigenvalue weighted by Gasteiger charge is 2.22. The number of hydrogen-bond acceptors (Lipinski definition) is 6. The van der Waals surface area contributed by atoms with Gasteiger partial charge in [0.15, 0.2) is 0 Å². The van der Waals surface area contributed by atoms with Gasteiger partial charge in [-0.15, -0.1) is 0 Å². The van der Waals surface area contributed by atoms with Crippen LogP contribution in [0.2, 0.25) is 10.0 Å². The molecule has 7 nitrogen and oxygen atoms in total. The van der Waals surface area contributed by atoms with Crippen LogP contribution < -0.4 is 9.46 Å². The fourth-order valence-electron chi connectivity index (χ4n) is 2.14. The van der Waals surface area contributed by atoms with Crippen molar-refractivity contribution in [3.05, 3.63) is 58.4 Å². The maximum Gasteiger partial charge on any atom is 0.242 e. The van der Waals surface area contributed by atoms with Crippen molar-refractivity contribution in [2.45, 2.75) is 11.4 Å². The summed E-state index contributed by atoms with van der Waals surface area (Å²) in [5.74, 6) is 0.758. The van der Waals surface area contributed by atoms with Crippen LogP contribution in [0, 0.1) is 0 Å². The molecule has 1 heterocycles. The highest BCUT2D eigenvalue weighted by Crippen LogP contribution is 2.36. The third-order valence-corrected chi connectivity index (χ3v) is 5.85. The van der Waals surface area contributed by atoms with Crippen molar-refractivity contribution in [1.29, 1.82) is 0 Å². The SMILES string of the molecule is COc1ccc(S(=O)(=O)NCc2nc(-c3ccccc3)no2)c(Cl)c1Cl. The lowest BCUT2D eigenvalue weighted by Gasteiger charge is -2.10. The molecule has 0 aliphatic carbocycles. The molecule has 136 valence electrons. The highest BCUT2D eigenvalue weighted by atomic mass is 35.5.